The van der Waals surface area contributed by atoms with Crippen LogP contribution in [0.15, 0.2) is 24.3 Å². The summed E-state index contributed by atoms with van der Waals surface area (Å²) in [6.45, 7) is 6.75. The van der Waals surface area contributed by atoms with Crippen LogP contribution < -0.4 is 0 Å². The molecule has 0 aromatic heterocycles. The first kappa shape index (κ1) is 13.7. The number of hydrogen-bond donors (Lipinski definition) is 0. The van der Waals surface area contributed by atoms with Gasteiger partial charge in [0.15, 0.2) is 0 Å². The fourth-order valence-electron chi connectivity index (χ4n) is 2.34. The van der Waals surface area contributed by atoms with E-state index in [1.54, 1.807) is 12.1 Å². The van der Waals surface area contributed by atoms with Gasteiger partial charge in [0.1, 0.15) is 16.8 Å². The van der Waals surface area contributed by atoms with E-state index >= 15 is 0 Å². The monoisotopic (exact) mass is 269 g/mol. The lowest BCUT2D eigenvalue weighted by molar-refractivity contribution is 0.414. The topological polar surface area (TPSA) is 20.3 Å². The molecule has 0 spiro atoms. The van der Waals surface area contributed by atoms with E-state index in [9.17, 15) is 8.60 Å². The van der Waals surface area contributed by atoms with Crippen LogP contribution in [0.25, 0.3) is 0 Å². The van der Waals surface area contributed by atoms with E-state index in [4.69, 9.17) is 0 Å². The maximum atomic E-state index is 13.3. The van der Waals surface area contributed by atoms with Gasteiger partial charge in [0.2, 0.25) is 0 Å². The van der Waals surface area contributed by atoms with Gasteiger partial charge in [-0.25, -0.2) is 12.9 Å². The molecule has 1 aliphatic heterocycles. The maximum absolute atomic E-state index is 13.3. The third kappa shape index (κ3) is 2.81. The molecule has 0 N–H and O–H groups in total. The minimum absolute atomic E-state index is 0.0840. The molecule has 100 valence electrons. The summed E-state index contributed by atoms with van der Waals surface area (Å²) in [5, 5.41) is 0. The smallest absolute Gasteiger partial charge is 0.123 e. The molecule has 2 rings (SSSR count). The van der Waals surface area contributed by atoms with Crippen LogP contribution in [0.3, 0.4) is 0 Å². The van der Waals surface area contributed by atoms with Crippen LogP contribution >= 0.6 is 0 Å². The number of rotatable bonds is 2. The van der Waals surface area contributed by atoms with Gasteiger partial charge in [-0.2, -0.15) is 0 Å². The van der Waals surface area contributed by atoms with Crippen molar-refractivity contribution in [3.05, 3.63) is 35.6 Å². The highest BCUT2D eigenvalue weighted by Crippen LogP contribution is 2.35. The average molecular weight is 269 g/mol. The van der Waals surface area contributed by atoms with Crippen LogP contribution in [0, 0.1) is 5.82 Å². The fourth-order valence-corrected chi connectivity index (χ4v) is 3.79. The third-order valence-corrected chi connectivity index (χ3v) is 5.08. The van der Waals surface area contributed by atoms with E-state index in [0.29, 0.717) is 0 Å². The van der Waals surface area contributed by atoms with E-state index in [2.05, 4.69) is 0 Å². The van der Waals surface area contributed by atoms with Crippen molar-refractivity contribution in [2.45, 2.75) is 44.4 Å². The normalized spacial score (nSPS) is 23.2. The van der Waals surface area contributed by atoms with Crippen molar-refractivity contribution in [1.29, 1.82) is 0 Å². The van der Waals surface area contributed by atoms with Gasteiger partial charge in [-0.3, -0.25) is 0 Å². The van der Waals surface area contributed by atoms with E-state index in [1.807, 2.05) is 31.1 Å². The van der Waals surface area contributed by atoms with Crippen LogP contribution in [0.5, 0.6) is 0 Å². The molecule has 2 atom stereocenters. The van der Waals surface area contributed by atoms with Gasteiger partial charge in [0, 0.05) is 12.6 Å². The molecule has 1 aromatic carbocycles. The molecule has 1 saturated heterocycles. The van der Waals surface area contributed by atoms with Gasteiger partial charge in [0.25, 0.3) is 0 Å². The first-order chi connectivity index (χ1) is 8.39. The molecule has 1 fully saturated rings. The van der Waals surface area contributed by atoms with Gasteiger partial charge < -0.3 is 0 Å². The van der Waals surface area contributed by atoms with Gasteiger partial charge in [-0.05, 0) is 51.3 Å². The maximum Gasteiger partial charge on any atom is 0.123 e. The van der Waals surface area contributed by atoms with Gasteiger partial charge in [-0.1, -0.05) is 12.1 Å². The minimum Gasteiger partial charge on any atom is -0.242 e. The van der Waals surface area contributed by atoms with Crippen molar-refractivity contribution in [2.24, 2.45) is 0 Å². The van der Waals surface area contributed by atoms with Crippen molar-refractivity contribution in [1.82, 2.24) is 4.31 Å². The summed E-state index contributed by atoms with van der Waals surface area (Å²) < 4.78 is 27.5. The SMILES string of the molecule is CC(C)(C)[S@](=O)N1CCC[C@H]1c1cccc(F)c1. The molecule has 0 aliphatic carbocycles. The molecule has 0 amide bonds. The lowest BCUT2D eigenvalue weighted by Gasteiger charge is -2.30. The largest absolute Gasteiger partial charge is 0.242 e. The summed E-state index contributed by atoms with van der Waals surface area (Å²) in [5.41, 5.74) is 0.935. The molecular weight excluding hydrogens is 249 g/mol. The van der Waals surface area contributed by atoms with Crippen LogP contribution in [0.1, 0.15) is 45.2 Å². The van der Waals surface area contributed by atoms with Crippen LogP contribution in [0.2, 0.25) is 0 Å². The summed E-state index contributed by atoms with van der Waals surface area (Å²) in [6.07, 6.45) is 1.97. The number of benzene rings is 1. The summed E-state index contributed by atoms with van der Waals surface area (Å²) in [6, 6.07) is 6.74. The molecule has 1 heterocycles. The Hall–Kier alpha value is -0.740. The second-order valence-corrected chi connectivity index (χ2v) is 7.91. The third-order valence-electron chi connectivity index (χ3n) is 3.17. The highest BCUT2D eigenvalue weighted by molar-refractivity contribution is 7.84. The Morgan fingerprint density at radius 1 is 1.39 bits per heavy atom. The van der Waals surface area contributed by atoms with Crippen molar-refractivity contribution >= 4 is 11.0 Å². The summed E-state index contributed by atoms with van der Waals surface area (Å²) >= 11 is 0. The molecule has 0 bridgehead atoms. The van der Waals surface area contributed by atoms with Crippen molar-refractivity contribution in [3.63, 3.8) is 0 Å². The zero-order chi connectivity index (χ0) is 13.3. The highest BCUT2D eigenvalue weighted by Gasteiger charge is 2.35. The number of halogens is 1. The van der Waals surface area contributed by atoms with Crippen molar-refractivity contribution in [3.8, 4) is 0 Å². The predicted molar refractivity (Wildman–Crippen MR) is 73.0 cm³/mol. The number of nitrogens with zero attached hydrogens (tertiary/aromatic N) is 1. The van der Waals surface area contributed by atoms with E-state index in [-0.39, 0.29) is 16.6 Å². The molecule has 0 saturated carbocycles. The predicted octanol–water partition coefficient (Wildman–Crippen LogP) is 3.42. The van der Waals surface area contributed by atoms with E-state index in [1.165, 1.54) is 6.07 Å². The highest BCUT2D eigenvalue weighted by atomic mass is 32.2. The Labute approximate surface area is 111 Å². The van der Waals surface area contributed by atoms with E-state index in [0.717, 1.165) is 24.9 Å². The lowest BCUT2D eigenvalue weighted by atomic mass is 10.1. The second kappa shape index (κ2) is 5.10. The second-order valence-electron chi connectivity index (χ2n) is 5.72. The molecular formula is C14H20FNOS. The molecule has 18 heavy (non-hydrogen) atoms. The number of hydrogen-bond acceptors (Lipinski definition) is 1. The molecule has 1 aromatic rings. The molecule has 0 radical (unpaired) electrons. The Morgan fingerprint density at radius 3 is 2.72 bits per heavy atom. The Morgan fingerprint density at radius 2 is 2.11 bits per heavy atom. The molecule has 0 unspecified atom stereocenters. The van der Waals surface area contributed by atoms with Gasteiger partial charge in [0.05, 0.1) is 4.75 Å². The lowest BCUT2D eigenvalue weighted by Crippen LogP contribution is -2.37. The Kier molecular flexibility index (Phi) is 3.87. The van der Waals surface area contributed by atoms with Gasteiger partial charge in [-0.15, -0.1) is 0 Å². The average Bonchev–Trinajstić information content (AvgIpc) is 2.75. The van der Waals surface area contributed by atoms with Crippen molar-refractivity contribution in [2.75, 3.05) is 6.54 Å². The minimum atomic E-state index is -1.04. The molecule has 1 aliphatic rings. The fraction of sp³-hybridized carbons (Fsp3) is 0.571. The van der Waals surface area contributed by atoms with Crippen LogP contribution in [-0.2, 0) is 11.0 Å². The van der Waals surface area contributed by atoms with E-state index < -0.39 is 11.0 Å². The van der Waals surface area contributed by atoms with Crippen molar-refractivity contribution < 1.29 is 8.60 Å². The van der Waals surface area contributed by atoms with Crippen LogP contribution in [-0.4, -0.2) is 19.8 Å². The summed E-state index contributed by atoms with van der Waals surface area (Å²) in [4.78, 5) is 0. The van der Waals surface area contributed by atoms with Crippen LogP contribution in [0.4, 0.5) is 4.39 Å². The quantitative estimate of drug-likeness (QED) is 0.805. The zero-order valence-electron chi connectivity index (χ0n) is 11.1. The summed E-state index contributed by atoms with van der Waals surface area (Å²) in [5.74, 6) is -0.221. The summed E-state index contributed by atoms with van der Waals surface area (Å²) in [7, 11) is -1.04. The standard InChI is InChI=1S/C14H20FNOS/c1-14(2,3)18(17)16-9-5-8-13(16)11-6-4-7-12(15)10-11/h4,6-7,10,13H,5,8-9H2,1-3H3/t13-,18-/m0/s1. The molecule has 2 nitrogen and oxygen atoms in total. The first-order valence-corrected chi connectivity index (χ1v) is 7.44. The molecule has 4 heteroatoms. The Balaban J connectivity index is 2.25. The Bertz CT molecular complexity index is 455. The van der Waals surface area contributed by atoms with Gasteiger partial charge >= 0.3 is 0 Å². The zero-order valence-corrected chi connectivity index (χ0v) is 12.0. The first-order valence-electron chi connectivity index (χ1n) is 6.34.